The van der Waals surface area contributed by atoms with Gasteiger partial charge in [0.2, 0.25) is 11.8 Å². The smallest absolute Gasteiger partial charge is 0.226 e. The molecule has 1 aromatic carbocycles. The number of benzene rings is 1. The Morgan fingerprint density at radius 3 is 2.95 bits per heavy atom. The number of amides is 3. The zero-order valence-electron chi connectivity index (χ0n) is 11.8. The molecule has 2 rings (SSSR count). The van der Waals surface area contributed by atoms with E-state index in [1.165, 1.54) is 0 Å². The van der Waals surface area contributed by atoms with Crippen LogP contribution in [-0.4, -0.2) is 30.3 Å². The number of carbonyl (C=O) groups excluding carboxylic acids is 3. The van der Waals surface area contributed by atoms with E-state index in [-0.39, 0.29) is 57.0 Å². The monoisotopic (exact) mass is 372 g/mol. The first-order chi connectivity index (χ1) is 10.1. The molecule has 6 nitrogen and oxygen atoms in total. The van der Waals surface area contributed by atoms with Gasteiger partial charge in [-0.3, -0.25) is 14.9 Å². The van der Waals surface area contributed by atoms with Crippen molar-refractivity contribution in [1.29, 1.82) is 0 Å². The summed E-state index contributed by atoms with van der Waals surface area (Å²) in [4.78, 5) is 34.6. The summed E-state index contributed by atoms with van der Waals surface area (Å²) in [6.45, 7) is 0.318. The van der Waals surface area contributed by atoms with Crippen LogP contribution in [0.2, 0.25) is 0 Å². The van der Waals surface area contributed by atoms with E-state index in [1.807, 2.05) is 0 Å². The number of nitrogens with zero attached hydrogens (tertiary/aromatic N) is 1. The Morgan fingerprint density at radius 2 is 2.27 bits per heavy atom. The third-order valence-corrected chi connectivity index (χ3v) is 2.89. The van der Waals surface area contributed by atoms with Gasteiger partial charge in [-0.05, 0) is 18.4 Å². The predicted molar refractivity (Wildman–Crippen MR) is 76.5 cm³/mol. The van der Waals surface area contributed by atoms with Gasteiger partial charge in [0.1, 0.15) is 0 Å². The minimum absolute atomic E-state index is 0. The van der Waals surface area contributed by atoms with E-state index in [9.17, 15) is 14.4 Å². The van der Waals surface area contributed by atoms with E-state index >= 15 is 0 Å². The van der Waals surface area contributed by atoms with Crippen molar-refractivity contribution in [1.82, 2.24) is 5.32 Å². The Balaban J connectivity index is 0.00000242. The molecule has 1 unspecified atom stereocenters. The quantitative estimate of drug-likeness (QED) is 0.466. The molecule has 1 fully saturated rings. The van der Waals surface area contributed by atoms with Crippen LogP contribution in [0.15, 0.2) is 18.2 Å². The molecule has 0 aliphatic carbocycles. The molecule has 1 saturated heterocycles. The molecule has 22 heavy (non-hydrogen) atoms. The van der Waals surface area contributed by atoms with Crippen molar-refractivity contribution in [3.05, 3.63) is 35.1 Å². The standard InChI is InChI=1S/C15H14N3O3.Y/c1-2-8-16-11-5-3-4-10(9-11)14(20)17-12-6-7-13(19)18-15(12)21;/h1,3-5,12,16H,6-8H2,(H2,17,18,19,20,21);/q-1;/p-1. The summed E-state index contributed by atoms with van der Waals surface area (Å²) < 4.78 is 0. The first-order valence-corrected chi connectivity index (χ1v) is 6.38. The number of terminal acetylenes is 1. The zero-order chi connectivity index (χ0) is 15.2. The van der Waals surface area contributed by atoms with Crippen molar-refractivity contribution in [2.75, 3.05) is 11.9 Å². The van der Waals surface area contributed by atoms with Crippen molar-refractivity contribution in [3.63, 3.8) is 0 Å². The van der Waals surface area contributed by atoms with Crippen molar-refractivity contribution < 1.29 is 47.1 Å². The van der Waals surface area contributed by atoms with Gasteiger partial charge < -0.3 is 15.4 Å². The summed E-state index contributed by atoms with van der Waals surface area (Å²) in [7, 11) is 0. The molecule has 3 amide bonds. The molecular weight excluding hydrogens is 359 g/mol. The minimum Gasteiger partial charge on any atom is -0.684 e. The van der Waals surface area contributed by atoms with Gasteiger partial charge in [0.15, 0.2) is 0 Å². The third-order valence-electron chi connectivity index (χ3n) is 2.89. The second-order valence-electron chi connectivity index (χ2n) is 4.44. The second kappa shape index (κ2) is 8.67. The number of carbonyl (C=O) groups is 3. The Hall–Kier alpha value is -1.71. The molecule has 7 heteroatoms. The second-order valence-corrected chi connectivity index (χ2v) is 4.44. The summed E-state index contributed by atoms with van der Waals surface area (Å²) in [5.41, 5.74) is 0.819. The predicted octanol–water partition coefficient (Wildman–Crippen LogP) is 0.848. The Morgan fingerprint density at radius 1 is 1.50 bits per heavy atom. The van der Waals surface area contributed by atoms with Gasteiger partial charge in [0, 0.05) is 39.1 Å². The Bertz CT molecular complexity index is 625. The van der Waals surface area contributed by atoms with Crippen molar-refractivity contribution in [2.24, 2.45) is 0 Å². The topological polar surface area (TPSA) is 89.4 Å². The van der Waals surface area contributed by atoms with Gasteiger partial charge in [0.25, 0.3) is 0 Å². The molecule has 1 aliphatic rings. The van der Waals surface area contributed by atoms with E-state index in [2.05, 4.69) is 27.9 Å². The van der Waals surface area contributed by atoms with E-state index < -0.39 is 17.9 Å². The fraction of sp³-hybridized carbons (Fsp3) is 0.267. The molecule has 1 atom stereocenters. The van der Waals surface area contributed by atoms with Crippen LogP contribution < -0.4 is 10.6 Å². The molecule has 1 heterocycles. The molecule has 0 spiro atoms. The van der Waals surface area contributed by atoms with E-state index in [1.54, 1.807) is 18.2 Å². The number of nitrogens with one attached hydrogen (secondary N) is 2. The van der Waals surface area contributed by atoms with Crippen LogP contribution in [0.3, 0.4) is 0 Å². The number of imide groups is 1. The molecular formula is C15H13N3O3Y-2. The summed E-state index contributed by atoms with van der Waals surface area (Å²) in [6.07, 6.45) is 5.56. The average Bonchev–Trinajstić information content (AvgIpc) is 2.48. The SMILES string of the molecule is C#CCNc1[c-]c(C(=O)[N-]C2CCC(=O)NC2=O)ccc1.[Y]. The maximum atomic E-state index is 12.0. The van der Waals surface area contributed by atoms with Crippen molar-refractivity contribution >= 4 is 23.4 Å². The Labute approximate surface area is 153 Å². The van der Waals surface area contributed by atoms with E-state index in [0.29, 0.717) is 12.2 Å². The van der Waals surface area contributed by atoms with Crippen LogP contribution in [0.25, 0.3) is 5.32 Å². The fourth-order valence-electron chi connectivity index (χ4n) is 1.86. The van der Waals surface area contributed by atoms with Gasteiger partial charge in [-0.15, -0.1) is 36.3 Å². The molecule has 0 saturated carbocycles. The van der Waals surface area contributed by atoms with Crippen LogP contribution in [0.1, 0.15) is 23.2 Å². The van der Waals surface area contributed by atoms with Crippen LogP contribution in [0.4, 0.5) is 5.69 Å². The van der Waals surface area contributed by atoms with Crippen LogP contribution in [0.5, 0.6) is 0 Å². The molecule has 111 valence electrons. The first-order valence-electron chi connectivity index (χ1n) is 6.38. The van der Waals surface area contributed by atoms with Gasteiger partial charge in [-0.1, -0.05) is 11.6 Å². The van der Waals surface area contributed by atoms with Gasteiger partial charge >= 0.3 is 0 Å². The van der Waals surface area contributed by atoms with Gasteiger partial charge in [-0.25, -0.2) is 0 Å². The van der Waals surface area contributed by atoms with Crippen LogP contribution in [0, 0.1) is 18.4 Å². The summed E-state index contributed by atoms with van der Waals surface area (Å²) in [6, 6.07) is 6.96. The third kappa shape index (κ3) is 4.94. The number of piperidine rings is 1. The number of hydrogen-bond acceptors (Lipinski definition) is 4. The molecule has 1 aliphatic heterocycles. The number of rotatable bonds is 4. The molecule has 1 aromatic rings. The molecule has 0 aromatic heterocycles. The molecule has 1 radical (unpaired) electrons. The van der Waals surface area contributed by atoms with Crippen LogP contribution in [-0.2, 0) is 42.3 Å². The normalized spacial score (nSPS) is 16.8. The first kappa shape index (κ1) is 18.3. The number of anilines is 1. The molecule has 2 N–H and O–H groups in total. The maximum Gasteiger partial charge on any atom is 0.226 e. The fourth-order valence-corrected chi connectivity index (χ4v) is 1.86. The summed E-state index contributed by atoms with van der Waals surface area (Å²) >= 11 is 0. The van der Waals surface area contributed by atoms with Gasteiger partial charge in [-0.2, -0.15) is 0 Å². The van der Waals surface area contributed by atoms with Gasteiger partial charge in [0.05, 0.1) is 6.54 Å². The van der Waals surface area contributed by atoms with Crippen molar-refractivity contribution in [3.8, 4) is 12.3 Å². The summed E-state index contributed by atoms with van der Waals surface area (Å²) in [5, 5.41) is 8.90. The zero-order valence-corrected chi connectivity index (χ0v) is 14.6. The summed E-state index contributed by atoms with van der Waals surface area (Å²) in [5.74, 6) is 0.987. The Kier molecular flexibility index (Phi) is 7.23. The number of hydrogen-bond donors (Lipinski definition) is 2. The largest absolute Gasteiger partial charge is 0.684 e. The van der Waals surface area contributed by atoms with E-state index in [4.69, 9.17) is 6.42 Å². The minimum atomic E-state index is -0.828. The van der Waals surface area contributed by atoms with Crippen molar-refractivity contribution in [2.45, 2.75) is 18.9 Å². The average molecular weight is 372 g/mol. The maximum absolute atomic E-state index is 12.0. The molecule has 0 bridgehead atoms. The van der Waals surface area contributed by atoms with Crippen LogP contribution >= 0.6 is 0 Å². The van der Waals surface area contributed by atoms with E-state index in [0.717, 1.165) is 0 Å².